The highest BCUT2D eigenvalue weighted by molar-refractivity contribution is 7.12. The number of aliphatic hydroxyl groups is 1. The molecule has 0 spiro atoms. The van der Waals surface area contributed by atoms with Crippen LogP contribution >= 0.6 is 11.3 Å². The number of piperidine rings is 1. The number of rotatable bonds is 4. The second-order valence-electron chi connectivity index (χ2n) is 7.09. The number of fused-ring (bicyclic) bond motifs is 1. The van der Waals surface area contributed by atoms with Crippen LogP contribution in [0.5, 0.6) is 0 Å². The lowest BCUT2D eigenvalue weighted by Crippen LogP contribution is -2.39. The van der Waals surface area contributed by atoms with Crippen LogP contribution < -0.4 is 0 Å². The Balaban J connectivity index is 1.48. The van der Waals surface area contributed by atoms with Crippen molar-refractivity contribution in [3.8, 4) is 0 Å². The van der Waals surface area contributed by atoms with E-state index in [2.05, 4.69) is 10.5 Å². The predicted octanol–water partition coefficient (Wildman–Crippen LogP) is 2.84. The van der Waals surface area contributed by atoms with Crippen molar-refractivity contribution in [2.45, 2.75) is 51.0 Å². The number of likely N-dealkylation sites (tertiary alicyclic amines) is 1. The quantitative estimate of drug-likeness (QED) is 0.913. The number of carbonyl (C=O) groups is 1. The predicted molar refractivity (Wildman–Crippen MR) is 98.2 cm³/mol. The first-order valence-corrected chi connectivity index (χ1v) is 10.2. The van der Waals surface area contributed by atoms with Gasteiger partial charge in [0.25, 0.3) is 5.91 Å². The molecule has 1 fully saturated rings. The summed E-state index contributed by atoms with van der Waals surface area (Å²) in [6.07, 6.45) is 8.66. The van der Waals surface area contributed by atoms with E-state index in [1.54, 1.807) is 16.0 Å². The molecule has 1 amide bonds. The summed E-state index contributed by atoms with van der Waals surface area (Å²) < 4.78 is 1.78. The number of aryl methyl sites for hydroxylation is 1. The summed E-state index contributed by atoms with van der Waals surface area (Å²) in [6.45, 7) is 2.22. The lowest BCUT2D eigenvalue weighted by Gasteiger charge is -2.32. The third kappa shape index (κ3) is 3.37. The smallest absolute Gasteiger partial charge is 0.264 e. The minimum atomic E-state index is 0.0971. The molecule has 0 radical (unpaired) electrons. The molecule has 6 heteroatoms. The highest BCUT2D eigenvalue weighted by Crippen LogP contribution is 2.33. The average Bonchev–Trinajstić information content (AvgIpc) is 3.29. The summed E-state index contributed by atoms with van der Waals surface area (Å²) in [6, 6.07) is 2.03. The molecule has 0 bridgehead atoms. The van der Waals surface area contributed by atoms with Gasteiger partial charge in [-0.15, -0.1) is 11.3 Å². The molecule has 2 aliphatic rings. The Morgan fingerprint density at radius 2 is 2.20 bits per heavy atom. The summed E-state index contributed by atoms with van der Waals surface area (Å²) in [5, 5.41) is 15.8. The molecule has 4 rings (SSSR count). The van der Waals surface area contributed by atoms with Crippen LogP contribution in [-0.4, -0.2) is 45.4 Å². The maximum atomic E-state index is 13.1. The van der Waals surface area contributed by atoms with Gasteiger partial charge < -0.3 is 10.0 Å². The van der Waals surface area contributed by atoms with Crippen molar-refractivity contribution >= 4 is 17.2 Å². The van der Waals surface area contributed by atoms with Crippen LogP contribution in [0.25, 0.3) is 0 Å². The number of hydrogen-bond donors (Lipinski definition) is 1. The Morgan fingerprint density at radius 3 is 3.08 bits per heavy atom. The van der Waals surface area contributed by atoms with E-state index in [9.17, 15) is 4.79 Å². The lowest BCUT2D eigenvalue weighted by molar-refractivity contribution is 0.0709. The molecule has 2 aromatic heterocycles. The van der Waals surface area contributed by atoms with Gasteiger partial charge in [-0.05, 0) is 61.1 Å². The summed E-state index contributed by atoms with van der Waals surface area (Å²) in [4.78, 5) is 16.1. The van der Waals surface area contributed by atoms with E-state index >= 15 is 0 Å². The fourth-order valence-electron chi connectivity index (χ4n) is 4.07. The summed E-state index contributed by atoms with van der Waals surface area (Å²) in [7, 11) is 0. The largest absolute Gasteiger partial charge is 0.394 e. The zero-order valence-corrected chi connectivity index (χ0v) is 15.3. The number of nitrogens with zero attached hydrogens (tertiary/aromatic N) is 3. The van der Waals surface area contributed by atoms with Crippen LogP contribution in [0.4, 0.5) is 0 Å². The van der Waals surface area contributed by atoms with Crippen LogP contribution in [0.2, 0.25) is 0 Å². The Bertz CT molecular complexity index is 752. The van der Waals surface area contributed by atoms with E-state index < -0.39 is 0 Å². The van der Waals surface area contributed by atoms with Gasteiger partial charge in [-0.1, -0.05) is 0 Å². The van der Waals surface area contributed by atoms with Gasteiger partial charge in [0.1, 0.15) is 0 Å². The normalized spacial score (nSPS) is 20.5. The van der Waals surface area contributed by atoms with Crippen molar-refractivity contribution in [3.63, 3.8) is 0 Å². The average molecular weight is 359 g/mol. The van der Waals surface area contributed by atoms with Crippen molar-refractivity contribution in [3.05, 3.63) is 39.3 Å². The Labute approximate surface area is 152 Å². The number of hydrogen-bond acceptors (Lipinski definition) is 4. The van der Waals surface area contributed by atoms with Gasteiger partial charge in [-0.25, -0.2) is 0 Å². The van der Waals surface area contributed by atoms with E-state index in [4.69, 9.17) is 5.11 Å². The number of aromatic nitrogens is 2. The van der Waals surface area contributed by atoms with Crippen LogP contribution in [0.3, 0.4) is 0 Å². The molecule has 0 unspecified atom stereocenters. The maximum absolute atomic E-state index is 13.1. The molecule has 3 heterocycles. The molecule has 1 aliphatic carbocycles. The molecular weight excluding hydrogens is 334 g/mol. The van der Waals surface area contributed by atoms with Crippen molar-refractivity contribution in [1.29, 1.82) is 0 Å². The van der Waals surface area contributed by atoms with Crippen molar-refractivity contribution < 1.29 is 9.90 Å². The second kappa shape index (κ2) is 7.30. The Morgan fingerprint density at radius 1 is 1.32 bits per heavy atom. The first-order chi connectivity index (χ1) is 12.3. The van der Waals surface area contributed by atoms with Gasteiger partial charge in [-0.2, -0.15) is 5.10 Å². The number of thiophene rings is 1. The SMILES string of the molecule is O=C(c1scc2c1CCCC2)N1CCC[C@H](c2ccn(CCO)n2)C1. The molecule has 1 saturated heterocycles. The van der Waals surface area contributed by atoms with E-state index in [0.717, 1.165) is 49.3 Å². The van der Waals surface area contributed by atoms with E-state index in [0.29, 0.717) is 12.5 Å². The van der Waals surface area contributed by atoms with Gasteiger partial charge in [0.05, 0.1) is 23.7 Å². The van der Waals surface area contributed by atoms with E-state index in [-0.39, 0.29) is 12.5 Å². The summed E-state index contributed by atoms with van der Waals surface area (Å²) in [5.74, 6) is 0.515. The number of aliphatic hydroxyl groups excluding tert-OH is 1. The third-order valence-corrected chi connectivity index (χ3v) is 6.47. The molecule has 0 aromatic carbocycles. The standard InChI is InChI=1S/C19H25N3O2S/c23-11-10-22-9-7-17(20-22)14-5-3-8-21(12-14)19(24)18-16-6-2-1-4-15(16)13-25-18/h7,9,13-14,23H,1-6,8,10-12H2/t14-/m0/s1. The van der Waals surface area contributed by atoms with Crippen molar-refractivity contribution in [1.82, 2.24) is 14.7 Å². The topological polar surface area (TPSA) is 58.4 Å². The third-order valence-electron chi connectivity index (χ3n) is 5.42. The minimum Gasteiger partial charge on any atom is -0.394 e. The molecule has 25 heavy (non-hydrogen) atoms. The molecular formula is C19H25N3O2S. The highest BCUT2D eigenvalue weighted by Gasteiger charge is 2.29. The van der Waals surface area contributed by atoms with Gasteiger partial charge in [0.2, 0.25) is 0 Å². The number of carbonyl (C=O) groups excluding carboxylic acids is 1. The maximum Gasteiger partial charge on any atom is 0.264 e. The highest BCUT2D eigenvalue weighted by atomic mass is 32.1. The molecule has 1 N–H and O–H groups in total. The summed E-state index contributed by atoms with van der Waals surface area (Å²) in [5.41, 5.74) is 3.76. The minimum absolute atomic E-state index is 0.0971. The van der Waals surface area contributed by atoms with Gasteiger partial charge in [-0.3, -0.25) is 9.48 Å². The molecule has 5 nitrogen and oxygen atoms in total. The van der Waals surface area contributed by atoms with E-state index in [1.165, 1.54) is 24.0 Å². The lowest BCUT2D eigenvalue weighted by atomic mass is 9.92. The van der Waals surface area contributed by atoms with Crippen LogP contribution in [0.15, 0.2) is 17.6 Å². The second-order valence-corrected chi connectivity index (χ2v) is 7.97. The summed E-state index contributed by atoms with van der Waals surface area (Å²) >= 11 is 1.64. The Hall–Kier alpha value is -1.66. The van der Waals surface area contributed by atoms with Gasteiger partial charge in [0, 0.05) is 25.2 Å². The molecule has 134 valence electrons. The molecule has 0 saturated carbocycles. The first-order valence-electron chi connectivity index (χ1n) is 9.29. The first kappa shape index (κ1) is 16.8. The van der Waals surface area contributed by atoms with E-state index in [1.807, 2.05) is 17.2 Å². The monoisotopic (exact) mass is 359 g/mol. The molecule has 1 aliphatic heterocycles. The van der Waals surface area contributed by atoms with Crippen LogP contribution in [-0.2, 0) is 19.4 Å². The number of amides is 1. The van der Waals surface area contributed by atoms with Gasteiger partial charge >= 0.3 is 0 Å². The fourth-order valence-corrected chi connectivity index (χ4v) is 5.19. The zero-order valence-electron chi connectivity index (χ0n) is 14.5. The zero-order chi connectivity index (χ0) is 17.2. The Kier molecular flexibility index (Phi) is 4.90. The van der Waals surface area contributed by atoms with Crippen molar-refractivity contribution in [2.24, 2.45) is 0 Å². The van der Waals surface area contributed by atoms with Crippen LogP contribution in [0.1, 0.15) is 58.1 Å². The van der Waals surface area contributed by atoms with Crippen LogP contribution in [0, 0.1) is 0 Å². The van der Waals surface area contributed by atoms with Gasteiger partial charge in [0.15, 0.2) is 0 Å². The fraction of sp³-hybridized carbons (Fsp3) is 0.579. The molecule has 1 atom stereocenters. The molecule has 2 aromatic rings. The van der Waals surface area contributed by atoms with Crippen molar-refractivity contribution in [2.75, 3.05) is 19.7 Å².